The summed E-state index contributed by atoms with van der Waals surface area (Å²) in [7, 11) is 0. The summed E-state index contributed by atoms with van der Waals surface area (Å²) >= 11 is 0. The number of hydrogen-bond acceptors (Lipinski definition) is 3. The first-order chi connectivity index (χ1) is 7.77. The molecule has 0 radical (unpaired) electrons. The summed E-state index contributed by atoms with van der Waals surface area (Å²) < 4.78 is 7.44. The van der Waals surface area contributed by atoms with Gasteiger partial charge in [0.25, 0.3) is 0 Å². The Bertz CT molecular complexity index is 320. The summed E-state index contributed by atoms with van der Waals surface area (Å²) in [5, 5.41) is 3.22. The molecule has 1 aromatic heterocycles. The van der Waals surface area contributed by atoms with E-state index < -0.39 is 0 Å². The second-order valence-corrected chi connectivity index (χ2v) is 3.62. The number of hydrogen-bond donors (Lipinski definition) is 1. The van der Waals surface area contributed by atoms with Crippen LogP contribution in [0.5, 0.6) is 0 Å². The number of imidazole rings is 1. The predicted octanol–water partition coefficient (Wildman–Crippen LogP) is 2.22. The van der Waals surface area contributed by atoms with Crippen LogP contribution in [-0.2, 0) is 11.3 Å². The zero-order valence-electron chi connectivity index (χ0n) is 10.2. The molecular formula is C12H21N3O. The van der Waals surface area contributed by atoms with Gasteiger partial charge in [-0.2, -0.15) is 0 Å². The Kier molecular flexibility index (Phi) is 5.64. The fourth-order valence-electron chi connectivity index (χ4n) is 1.50. The Morgan fingerprint density at radius 3 is 3.12 bits per heavy atom. The SMILES string of the molecule is C=CCNc1nc(C)cn1CCCOCC. The van der Waals surface area contributed by atoms with Crippen molar-refractivity contribution in [2.24, 2.45) is 0 Å². The number of nitrogens with zero attached hydrogens (tertiary/aromatic N) is 2. The molecule has 0 amide bonds. The van der Waals surface area contributed by atoms with Crippen LogP contribution in [0.15, 0.2) is 18.9 Å². The van der Waals surface area contributed by atoms with E-state index in [4.69, 9.17) is 4.74 Å². The standard InChI is InChI=1S/C12H21N3O/c1-4-7-13-12-14-11(3)10-15(12)8-6-9-16-5-2/h4,10H,1,5-9H2,2-3H3,(H,13,14). The monoisotopic (exact) mass is 223 g/mol. The molecule has 16 heavy (non-hydrogen) atoms. The molecule has 0 unspecified atom stereocenters. The molecule has 0 spiro atoms. The maximum Gasteiger partial charge on any atom is 0.203 e. The summed E-state index contributed by atoms with van der Waals surface area (Å²) in [5.74, 6) is 0.911. The Morgan fingerprint density at radius 2 is 2.44 bits per heavy atom. The van der Waals surface area contributed by atoms with Crippen molar-refractivity contribution in [1.82, 2.24) is 9.55 Å². The average molecular weight is 223 g/mol. The average Bonchev–Trinajstić information content (AvgIpc) is 2.62. The van der Waals surface area contributed by atoms with E-state index in [2.05, 4.69) is 27.6 Å². The van der Waals surface area contributed by atoms with E-state index in [1.54, 1.807) is 0 Å². The van der Waals surface area contributed by atoms with Crippen LogP contribution in [0.2, 0.25) is 0 Å². The molecule has 0 fully saturated rings. The third-order valence-corrected chi connectivity index (χ3v) is 2.19. The van der Waals surface area contributed by atoms with E-state index >= 15 is 0 Å². The van der Waals surface area contributed by atoms with Crippen molar-refractivity contribution < 1.29 is 4.74 Å². The van der Waals surface area contributed by atoms with E-state index in [-0.39, 0.29) is 0 Å². The lowest BCUT2D eigenvalue weighted by Crippen LogP contribution is -2.08. The molecule has 0 saturated heterocycles. The van der Waals surface area contributed by atoms with Gasteiger partial charge in [0.15, 0.2) is 0 Å². The number of nitrogens with one attached hydrogen (secondary N) is 1. The smallest absolute Gasteiger partial charge is 0.203 e. The van der Waals surface area contributed by atoms with Crippen LogP contribution < -0.4 is 5.32 Å². The number of rotatable bonds is 8. The minimum atomic E-state index is 0.738. The maximum absolute atomic E-state index is 5.31. The molecule has 4 heteroatoms. The lowest BCUT2D eigenvalue weighted by Gasteiger charge is -2.08. The molecule has 0 aromatic carbocycles. The first-order valence-corrected chi connectivity index (χ1v) is 5.74. The van der Waals surface area contributed by atoms with Gasteiger partial charge in [-0.05, 0) is 20.3 Å². The summed E-state index contributed by atoms with van der Waals surface area (Å²) in [4.78, 5) is 4.41. The highest BCUT2D eigenvalue weighted by Gasteiger charge is 2.03. The van der Waals surface area contributed by atoms with E-state index in [1.807, 2.05) is 19.9 Å². The maximum atomic E-state index is 5.31. The van der Waals surface area contributed by atoms with Gasteiger partial charge in [-0.1, -0.05) is 6.08 Å². The number of ether oxygens (including phenoxy) is 1. The lowest BCUT2D eigenvalue weighted by molar-refractivity contribution is 0.142. The molecule has 0 aliphatic heterocycles. The van der Waals surface area contributed by atoms with Crippen LogP contribution in [0, 0.1) is 6.92 Å². The van der Waals surface area contributed by atoms with Crippen LogP contribution in [0.3, 0.4) is 0 Å². The predicted molar refractivity (Wildman–Crippen MR) is 66.8 cm³/mol. The molecule has 0 aliphatic carbocycles. The van der Waals surface area contributed by atoms with Gasteiger partial charge >= 0.3 is 0 Å². The third-order valence-electron chi connectivity index (χ3n) is 2.19. The van der Waals surface area contributed by atoms with Gasteiger partial charge in [-0.25, -0.2) is 4.98 Å². The Hall–Kier alpha value is -1.29. The quantitative estimate of drug-likeness (QED) is 0.542. The second-order valence-electron chi connectivity index (χ2n) is 3.62. The third kappa shape index (κ3) is 4.06. The molecule has 1 aromatic rings. The molecule has 0 bridgehead atoms. The van der Waals surface area contributed by atoms with Crippen molar-refractivity contribution in [3.8, 4) is 0 Å². The normalized spacial score (nSPS) is 10.4. The van der Waals surface area contributed by atoms with Gasteiger partial charge in [-0.15, -0.1) is 6.58 Å². The van der Waals surface area contributed by atoms with Crippen LogP contribution in [0.25, 0.3) is 0 Å². The summed E-state index contributed by atoms with van der Waals surface area (Å²) in [6.07, 6.45) is 4.89. The summed E-state index contributed by atoms with van der Waals surface area (Å²) in [6.45, 7) is 10.9. The van der Waals surface area contributed by atoms with Crippen LogP contribution in [0.4, 0.5) is 5.95 Å². The van der Waals surface area contributed by atoms with Crippen LogP contribution in [0.1, 0.15) is 19.0 Å². The Labute approximate surface area is 97.3 Å². The van der Waals surface area contributed by atoms with E-state index in [9.17, 15) is 0 Å². The molecule has 4 nitrogen and oxygen atoms in total. The minimum absolute atomic E-state index is 0.738. The highest BCUT2D eigenvalue weighted by Crippen LogP contribution is 2.08. The summed E-state index contributed by atoms with van der Waals surface area (Å²) in [5.41, 5.74) is 1.03. The minimum Gasteiger partial charge on any atom is -0.382 e. The zero-order chi connectivity index (χ0) is 11.8. The molecular weight excluding hydrogens is 202 g/mol. The largest absolute Gasteiger partial charge is 0.382 e. The highest BCUT2D eigenvalue weighted by molar-refractivity contribution is 5.29. The van der Waals surface area contributed by atoms with Gasteiger partial charge in [0, 0.05) is 32.5 Å². The molecule has 1 heterocycles. The molecule has 0 saturated carbocycles. The molecule has 1 N–H and O–H groups in total. The number of anilines is 1. The Balaban J connectivity index is 2.46. The van der Waals surface area contributed by atoms with Crippen LogP contribution >= 0.6 is 0 Å². The summed E-state index contributed by atoms with van der Waals surface area (Å²) in [6, 6.07) is 0. The molecule has 0 aliphatic rings. The van der Waals surface area contributed by atoms with Crippen molar-refractivity contribution in [2.45, 2.75) is 26.8 Å². The zero-order valence-corrected chi connectivity index (χ0v) is 10.2. The number of aromatic nitrogens is 2. The molecule has 90 valence electrons. The lowest BCUT2D eigenvalue weighted by atomic mass is 10.4. The molecule has 1 rings (SSSR count). The topological polar surface area (TPSA) is 39.1 Å². The van der Waals surface area contributed by atoms with Crippen molar-refractivity contribution in [3.05, 3.63) is 24.5 Å². The first-order valence-electron chi connectivity index (χ1n) is 5.74. The van der Waals surface area contributed by atoms with E-state index in [1.165, 1.54) is 0 Å². The van der Waals surface area contributed by atoms with Gasteiger partial charge in [0.05, 0.1) is 5.69 Å². The van der Waals surface area contributed by atoms with E-state index in [0.29, 0.717) is 0 Å². The highest BCUT2D eigenvalue weighted by atomic mass is 16.5. The fraction of sp³-hybridized carbons (Fsp3) is 0.583. The number of aryl methyl sites for hydroxylation is 2. The molecule has 0 atom stereocenters. The van der Waals surface area contributed by atoms with Crippen molar-refractivity contribution >= 4 is 5.95 Å². The van der Waals surface area contributed by atoms with Crippen LogP contribution in [-0.4, -0.2) is 29.3 Å². The van der Waals surface area contributed by atoms with Gasteiger partial charge in [-0.3, -0.25) is 0 Å². The van der Waals surface area contributed by atoms with Gasteiger partial charge < -0.3 is 14.6 Å². The van der Waals surface area contributed by atoms with Crippen molar-refractivity contribution in [2.75, 3.05) is 25.1 Å². The van der Waals surface area contributed by atoms with E-state index in [0.717, 1.165) is 44.4 Å². The van der Waals surface area contributed by atoms with Gasteiger partial charge in [0.2, 0.25) is 5.95 Å². The van der Waals surface area contributed by atoms with Crippen molar-refractivity contribution in [3.63, 3.8) is 0 Å². The second kappa shape index (κ2) is 7.06. The van der Waals surface area contributed by atoms with Gasteiger partial charge in [0.1, 0.15) is 0 Å². The first kappa shape index (κ1) is 12.8. The fourth-order valence-corrected chi connectivity index (χ4v) is 1.50. The van der Waals surface area contributed by atoms with Crippen molar-refractivity contribution in [1.29, 1.82) is 0 Å². The Morgan fingerprint density at radius 1 is 1.62 bits per heavy atom.